The fourth-order valence-electron chi connectivity index (χ4n) is 1.86. The van der Waals surface area contributed by atoms with Crippen molar-refractivity contribution < 1.29 is 4.74 Å². The van der Waals surface area contributed by atoms with Gasteiger partial charge in [-0.05, 0) is 13.8 Å². The largest absolute Gasteiger partial charge is 0.475 e. The Kier molecular flexibility index (Phi) is 3.23. The second-order valence-electron chi connectivity index (χ2n) is 4.53. The Morgan fingerprint density at radius 1 is 1.20 bits per heavy atom. The molecule has 0 fully saturated rings. The minimum absolute atomic E-state index is 0.0591. The van der Waals surface area contributed by atoms with Crippen LogP contribution in [0.15, 0.2) is 24.7 Å². The van der Waals surface area contributed by atoms with Crippen LogP contribution in [0.4, 0.5) is 0 Å². The summed E-state index contributed by atoms with van der Waals surface area (Å²) in [7, 11) is 0. The molecule has 0 spiro atoms. The number of nitrogens with zero attached hydrogens (tertiary/aromatic N) is 4. The van der Waals surface area contributed by atoms with E-state index in [1.165, 1.54) is 6.33 Å². The number of hydrogen-bond donors (Lipinski definition) is 1. The number of nitrogens with one attached hydrogen (secondary N) is 1. The van der Waals surface area contributed by atoms with E-state index < -0.39 is 0 Å². The average molecular weight is 290 g/mol. The lowest BCUT2D eigenvalue weighted by atomic mass is 10.2. The summed E-state index contributed by atoms with van der Waals surface area (Å²) in [5, 5.41) is 8.43. The van der Waals surface area contributed by atoms with Crippen LogP contribution in [0.3, 0.4) is 0 Å². The van der Waals surface area contributed by atoms with Gasteiger partial charge in [-0.3, -0.25) is 5.10 Å². The summed E-state index contributed by atoms with van der Waals surface area (Å²) in [4.78, 5) is 12.3. The van der Waals surface area contributed by atoms with E-state index in [0.29, 0.717) is 22.4 Å². The number of ether oxygens (including phenoxy) is 1. The number of aromatic amines is 1. The molecule has 3 aromatic rings. The molecule has 0 aliphatic heterocycles. The average Bonchev–Trinajstić information content (AvgIpc) is 2.81. The topological polar surface area (TPSA) is 76.6 Å². The van der Waals surface area contributed by atoms with Crippen molar-refractivity contribution in [3.05, 3.63) is 29.8 Å². The van der Waals surface area contributed by atoms with Crippen molar-refractivity contribution in [3.63, 3.8) is 0 Å². The molecule has 0 aliphatic rings. The third kappa shape index (κ3) is 2.42. The molecule has 1 N–H and O–H groups in total. The SMILES string of the molecule is CC(C)Oc1cc2c(-c3cc(Cl)ncn3)n[nH]c2cn1. The lowest BCUT2D eigenvalue weighted by Crippen LogP contribution is -2.06. The van der Waals surface area contributed by atoms with Crippen LogP contribution in [0.25, 0.3) is 22.3 Å². The van der Waals surface area contributed by atoms with Crippen LogP contribution in [-0.4, -0.2) is 31.3 Å². The van der Waals surface area contributed by atoms with E-state index in [4.69, 9.17) is 16.3 Å². The van der Waals surface area contributed by atoms with Gasteiger partial charge in [0.1, 0.15) is 17.2 Å². The van der Waals surface area contributed by atoms with Gasteiger partial charge in [0.25, 0.3) is 0 Å². The van der Waals surface area contributed by atoms with Crippen LogP contribution < -0.4 is 4.74 Å². The molecule has 20 heavy (non-hydrogen) atoms. The minimum Gasteiger partial charge on any atom is -0.475 e. The number of hydrogen-bond acceptors (Lipinski definition) is 5. The Morgan fingerprint density at radius 3 is 2.80 bits per heavy atom. The van der Waals surface area contributed by atoms with Gasteiger partial charge in [-0.2, -0.15) is 5.10 Å². The van der Waals surface area contributed by atoms with Crippen LogP contribution in [0.2, 0.25) is 5.15 Å². The van der Waals surface area contributed by atoms with Gasteiger partial charge in [0.2, 0.25) is 5.88 Å². The van der Waals surface area contributed by atoms with Crippen LogP contribution in [0.5, 0.6) is 5.88 Å². The van der Waals surface area contributed by atoms with E-state index in [0.717, 1.165) is 10.9 Å². The van der Waals surface area contributed by atoms with E-state index in [-0.39, 0.29) is 6.10 Å². The molecule has 3 aromatic heterocycles. The third-order valence-electron chi connectivity index (χ3n) is 2.65. The smallest absolute Gasteiger partial charge is 0.214 e. The highest BCUT2D eigenvalue weighted by atomic mass is 35.5. The van der Waals surface area contributed by atoms with Crippen molar-refractivity contribution in [2.24, 2.45) is 0 Å². The van der Waals surface area contributed by atoms with E-state index in [1.807, 2.05) is 19.9 Å². The predicted octanol–water partition coefficient (Wildman–Crippen LogP) is 2.86. The van der Waals surface area contributed by atoms with Crippen LogP contribution in [0.1, 0.15) is 13.8 Å². The van der Waals surface area contributed by atoms with Gasteiger partial charge in [0.15, 0.2) is 0 Å². The third-order valence-corrected chi connectivity index (χ3v) is 2.86. The van der Waals surface area contributed by atoms with E-state index >= 15 is 0 Å². The number of halogens is 1. The molecule has 0 amide bonds. The Labute approximate surface area is 120 Å². The molecule has 0 saturated heterocycles. The first-order chi connectivity index (χ1) is 9.63. The highest BCUT2D eigenvalue weighted by molar-refractivity contribution is 6.29. The molecule has 3 rings (SSSR count). The first-order valence-corrected chi connectivity index (χ1v) is 6.50. The molecule has 3 heterocycles. The van der Waals surface area contributed by atoms with Crippen LogP contribution in [-0.2, 0) is 0 Å². The maximum absolute atomic E-state index is 5.89. The predicted molar refractivity (Wildman–Crippen MR) is 75.7 cm³/mol. The monoisotopic (exact) mass is 289 g/mol. The molecule has 0 bridgehead atoms. The summed E-state index contributed by atoms with van der Waals surface area (Å²) in [5.74, 6) is 0.551. The molecular formula is C13H12ClN5O. The lowest BCUT2D eigenvalue weighted by Gasteiger charge is -2.08. The lowest BCUT2D eigenvalue weighted by molar-refractivity contribution is 0.233. The van der Waals surface area contributed by atoms with Gasteiger partial charge in [-0.25, -0.2) is 15.0 Å². The summed E-state index contributed by atoms with van der Waals surface area (Å²) >= 11 is 5.89. The number of aromatic nitrogens is 5. The molecule has 0 aliphatic carbocycles. The number of pyridine rings is 1. The normalized spacial score (nSPS) is 11.2. The summed E-state index contributed by atoms with van der Waals surface area (Å²) in [6.45, 7) is 3.90. The molecule has 0 atom stereocenters. The zero-order valence-electron chi connectivity index (χ0n) is 11.0. The molecular weight excluding hydrogens is 278 g/mol. The second kappa shape index (κ2) is 5.05. The van der Waals surface area contributed by atoms with Crippen molar-refractivity contribution >= 4 is 22.5 Å². The zero-order chi connectivity index (χ0) is 14.1. The van der Waals surface area contributed by atoms with Crippen molar-refractivity contribution in [1.82, 2.24) is 25.1 Å². The van der Waals surface area contributed by atoms with Gasteiger partial charge in [0.05, 0.1) is 23.5 Å². The summed E-state index contributed by atoms with van der Waals surface area (Å²) in [6, 6.07) is 3.50. The minimum atomic E-state index is 0.0591. The second-order valence-corrected chi connectivity index (χ2v) is 4.92. The van der Waals surface area contributed by atoms with Crippen molar-refractivity contribution in [3.8, 4) is 17.3 Å². The first kappa shape index (κ1) is 12.8. The van der Waals surface area contributed by atoms with Gasteiger partial charge >= 0.3 is 0 Å². The van der Waals surface area contributed by atoms with E-state index in [9.17, 15) is 0 Å². The number of H-pyrrole nitrogens is 1. The molecule has 0 saturated carbocycles. The van der Waals surface area contributed by atoms with Crippen LogP contribution in [0, 0.1) is 0 Å². The van der Waals surface area contributed by atoms with Crippen molar-refractivity contribution in [1.29, 1.82) is 0 Å². The molecule has 0 aromatic carbocycles. The van der Waals surface area contributed by atoms with Gasteiger partial charge in [-0.15, -0.1) is 0 Å². The van der Waals surface area contributed by atoms with Crippen molar-refractivity contribution in [2.45, 2.75) is 20.0 Å². The quantitative estimate of drug-likeness (QED) is 0.750. The summed E-state index contributed by atoms with van der Waals surface area (Å²) in [6.07, 6.45) is 3.15. The molecule has 0 unspecified atom stereocenters. The van der Waals surface area contributed by atoms with Gasteiger partial charge < -0.3 is 4.74 Å². The molecule has 7 heteroatoms. The van der Waals surface area contributed by atoms with Crippen LogP contribution >= 0.6 is 11.6 Å². The fourth-order valence-corrected chi connectivity index (χ4v) is 2.01. The Morgan fingerprint density at radius 2 is 2.05 bits per heavy atom. The maximum Gasteiger partial charge on any atom is 0.214 e. The van der Waals surface area contributed by atoms with Gasteiger partial charge in [-0.1, -0.05) is 11.6 Å². The Bertz CT molecular complexity index is 755. The summed E-state index contributed by atoms with van der Waals surface area (Å²) in [5.41, 5.74) is 2.16. The van der Waals surface area contributed by atoms with Crippen molar-refractivity contribution in [2.75, 3.05) is 0 Å². The van der Waals surface area contributed by atoms with Gasteiger partial charge in [0, 0.05) is 17.5 Å². The Hall–Kier alpha value is -2.21. The van der Waals surface area contributed by atoms with E-state index in [2.05, 4.69) is 25.1 Å². The molecule has 0 radical (unpaired) electrons. The zero-order valence-corrected chi connectivity index (χ0v) is 11.7. The highest BCUT2D eigenvalue weighted by Crippen LogP contribution is 2.27. The fraction of sp³-hybridized carbons (Fsp3) is 0.231. The molecule has 102 valence electrons. The number of fused-ring (bicyclic) bond motifs is 1. The maximum atomic E-state index is 5.89. The number of rotatable bonds is 3. The standard InChI is InChI=1S/C13H12ClN5O/c1-7(2)20-12-3-8-10(5-15-12)18-19-13(8)9-4-11(14)17-6-16-9/h3-7H,1-2H3,(H,18,19). The summed E-state index contributed by atoms with van der Waals surface area (Å²) < 4.78 is 5.59. The molecule has 6 nitrogen and oxygen atoms in total. The first-order valence-electron chi connectivity index (χ1n) is 6.12. The highest BCUT2D eigenvalue weighted by Gasteiger charge is 2.12. The van der Waals surface area contributed by atoms with E-state index in [1.54, 1.807) is 12.3 Å². The Balaban J connectivity index is 2.11.